The number of nitrogens with one attached hydrogen (secondary N) is 1. The molecule has 0 aliphatic heterocycles. The first kappa shape index (κ1) is 35.9. The number of nitrogens with zero attached hydrogens (tertiary/aromatic N) is 5. The Balaban J connectivity index is 0.000000207. The van der Waals surface area contributed by atoms with E-state index in [1.807, 2.05) is 114 Å². The van der Waals surface area contributed by atoms with Gasteiger partial charge in [-0.15, -0.1) is 0 Å². The van der Waals surface area contributed by atoms with Crippen LogP contribution in [0.1, 0.15) is 18.6 Å². The van der Waals surface area contributed by atoms with Crippen LogP contribution in [0.2, 0.25) is 0 Å². The number of pyridine rings is 2. The number of aromatic nitrogens is 2. The van der Waals surface area contributed by atoms with Crippen molar-refractivity contribution in [3.05, 3.63) is 169 Å². The molecule has 2 heterocycles. The van der Waals surface area contributed by atoms with E-state index in [1.54, 1.807) is 24.5 Å². The van der Waals surface area contributed by atoms with Crippen molar-refractivity contribution >= 4 is 83.1 Å². The molecular formula is C37H29Br2IN6. The van der Waals surface area contributed by atoms with Gasteiger partial charge in [0.1, 0.15) is 11.6 Å². The summed E-state index contributed by atoms with van der Waals surface area (Å²) < 4.78 is 3.43. The molecule has 6 rings (SSSR count). The third kappa shape index (κ3) is 11.4. The van der Waals surface area contributed by atoms with Crippen LogP contribution in [0.3, 0.4) is 0 Å². The molecule has 6 aromatic rings. The van der Waals surface area contributed by atoms with Crippen LogP contribution in [0.4, 0.5) is 28.7 Å². The van der Waals surface area contributed by atoms with E-state index in [4.69, 9.17) is 10.5 Å². The fourth-order valence-corrected chi connectivity index (χ4v) is 4.71. The number of hydrogen-bond donors (Lipinski definition) is 1. The van der Waals surface area contributed by atoms with E-state index in [9.17, 15) is 0 Å². The van der Waals surface area contributed by atoms with Gasteiger partial charge in [0, 0.05) is 42.0 Å². The van der Waals surface area contributed by atoms with E-state index in [0.717, 1.165) is 37.6 Å². The second-order valence-electron chi connectivity index (χ2n) is 9.12. The van der Waals surface area contributed by atoms with Gasteiger partial charge in [-0.1, -0.05) is 51.4 Å². The molecule has 0 amide bonds. The molecule has 0 aliphatic carbocycles. The molecule has 4 aromatic carbocycles. The van der Waals surface area contributed by atoms with Crippen LogP contribution in [-0.2, 0) is 0 Å². The first-order valence-corrected chi connectivity index (χ1v) is 16.2. The van der Waals surface area contributed by atoms with Gasteiger partial charge in [0.2, 0.25) is 0 Å². The van der Waals surface area contributed by atoms with Crippen LogP contribution < -0.4 is 10.2 Å². The molecule has 0 saturated carbocycles. The van der Waals surface area contributed by atoms with Crippen LogP contribution in [0.25, 0.3) is 0 Å². The average molecular weight is 844 g/mol. The van der Waals surface area contributed by atoms with Gasteiger partial charge in [-0.25, -0.2) is 9.97 Å². The van der Waals surface area contributed by atoms with Crippen LogP contribution in [0.15, 0.2) is 155 Å². The molecule has 1 N–H and O–H groups in total. The Morgan fingerprint density at radius 2 is 1.07 bits per heavy atom. The lowest BCUT2D eigenvalue weighted by Crippen LogP contribution is -2.11. The Morgan fingerprint density at radius 3 is 1.52 bits per heavy atom. The van der Waals surface area contributed by atoms with E-state index in [2.05, 4.69) is 94.0 Å². The Labute approximate surface area is 300 Å². The molecule has 0 atom stereocenters. The highest BCUT2D eigenvalue weighted by Gasteiger charge is 2.13. The molecule has 0 unspecified atom stereocenters. The van der Waals surface area contributed by atoms with E-state index in [0.29, 0.717) is 11.1 Å². The van der Waals surface area contributed by atoms with Gasteiger partial charge < -0.3 is 5.32 Å². The second-order valence-corrected chi connectivity index (χ2v) is 12.2. The van der Waals surface area contributed by atoms with Crippen molar-refractivity contribution < 1.29 is 0 Å². The molecule has 0 saturated heterocycles. The number of rotatable bonds is 5. The van der Waals surface area contributed by atoms with Gasteiger partial charge >= 0.3 is 0 Å². The quantitative estimate of drug-likeness (QED) is 0.174. The lowest BCUT2D eigenvalue weighted by molar-refractivity contribution is 1.18. The summed E-state index contributed by atoms with van der Waals surface area (Å²) in [6.07, 6.45) is 3.50. The van der Waals surface area contributed by atoms with Crippen molar-refractivity contribution in [2.24, 2.45) is 0 Å². The summed E-state index contributed by atoms with van der Waals surface area (Å²) in [4.78, 5) is 10.6. The summed E-state index contributed by atoms with van der Waals surface area (Å²) in [6.45, 7) is 0. The average Bonchev–Trinajstić information content (AvgIpc) is 3.09. The molecule has 0 fully saturated rings. The largest absolute Gasteiger partial charge is 0.340 e. The first-order valence-electron chi connectivity index (χ1n) is 13.5. The summed E-state index contributed by atoms with van der Waals surface area (Å²) in [5.41, 5.74) is 4.18. The van der Waals surface area contributed by atoms with Crippen LogP contribution in [0.5, 0.6) is 0 Å². The monoisotopic (exact) mass is 842 g/mol. The molecule has 0 radical (unpaired) electrons. The number of nitriles is 2. The zero-order chi connectivity index (χ0) is 31.9. The molecule has 6 nitrogen and oxygen atoms in total. The standard InChI is InChI=1S/C18H12BrN3.C12H9N3.C6H4BrI.CH4/c19-15-6-10-17(11-7-15)22(18-3-1-2-12-21-18)16-8-4-14(13-20)5-9-16;13-9-10-4-6-11(7-5-10)15-12-3-1-2-8-14-12;7-5-1-3-6(8)4-2-5;/h1-12H;1-8H,(H,14,15);1-4H;1H4. The minimum atomic E-state index is 0. The van der Waals surface area contributed by atoms with Gasteiger partial charge in [0.25, 0.3) is 0 Å². The van der Waals surface area contributed by atoms with Crippen LogP contribution in [-0.4, -0.2) is 9.97 Å². The smallest absolute Gasteiger partial charge is 0.137 e. The van der Waals surface area contributed by atoms with Gasteiger partial charge in [0.05, 0.1) is 23.3 Å². The maximum atomic E-state index is 8.95. The number of hydrogen-bond acceptors (Lipinski definition) is 6. The fraction of sp³-hybridized carbons (Fsp3) is 0.0270. The Bertz CT molecular complexity index is 1820. The van der Waals surface area contributed by atoms with Crippen molar-refractivity contribution in [1.29, 1.82) is 10.5 Å². The number of halogens is 3. The van der Waals surface area contributed by atoms with E-state index < -0.39 is 0 Å². The molecule has 0 aliphatic rings. The fourth-order valence-electron chi connectivity index (χ4n) is 3.82. The Hall–Kier alpha value is -4.55. The maximum Gasteiger partial charge on any atom is 0.137 e. The summed E-state index contributed by atoms with van der Waals surface area (Å²) in [5.74, 6) is 1.62. The lowest BCUT2D eigenvalue weighted by Gasteiger charge is -2.24. The molecule has 0 bridgehead atoms. The molecule has 2 aromatic heterocycles. The van der Waals surface area contributed by atoms with Gasteiger partial charge in [-0.2, -0.15) is 10.5 Å². The predicted octanol–water partition coefficient (Wildman–Crippen LogP) is 11.6. The van der Waals surface area contributed by atoms with E-state index in [1.165, 1.54) is 3.57 Å². The van der Waals surface area contributed by atoms with Gasteiger partial charge in [-0.3, -0.25) is 4.90 Å². The van der Waals surface area contributed by atoms with Crippen molar-refractivity contribution in [2.75, 3.05) is 10.2 Å². The van der Waals surface area contributed by atoms with Crippen LogP contribution in [0, 0.1) is 26.2 Å². The zero-order valence-electron chi connectivity index (χ0n) is 23.7. The second kappa shape index (κ2) is 19.1. The maximum absolute atomic E-state index is 8.95. The Morgan fingerprint density at radius 1 is 0.587 bits per heavy atom. The molecule has 9 heteroatoms. The number of anilines is 5. The van der Waals surface area contributed by atoms with Crippen molar-refractivity contribution in [3.63, 3.8) is 0 Å². The predicted molar refractivity (Wildman–Crippen MR) is 204 cm³/mol. The van der Waals surface area contributed by atoms with Crippen LogP contribution >= 0.6 is 54.5 Å². The zero-order valence-corrected chi connectivity index (χ0v) is 29.1. The SMILES string of the molecule is Brc1ccc(I)cc1.C.N#Cc1ccc(N(c2ccc(Br)cc2)c2ccccn2)cc1.N#Cc1ccc(Nc2ccccn2)cc1. The minimum Gasteiger partial charge on any atom is -0.340 e. The minimum absolute atomic E-state index is 0. The summed E-state index contributed by atoms with van der Waals surface area (Å²) in [6, 6.07) is 46.6. The van der Waals surface area contributed by atoms with E-state index >= 15 is 0 Å². The molecule has 228 valence electrons. The highest BCUT2D eigenvalue weighted by Crippen LogP contribution is 2.33. The molecule has 0 spiro atoms. The lowest BCUT2D eigenvalue weighted by atomic mass is 10.2. The normalized spacial score (nSPS) is 9.41. The van der Waals surface area contributed by atoms with Crippen molar-refractivity contribution in [2.45, 2.75) is 7.43 Å². The topological polar surface area (TPSA) is 88.6 Å². The van der Waals surface area contributed by atoms with E-state index in [-0.39, 0.29) is 7.43 Å². The first-order chi connectivity index (χ1) is 21.9. The third-order valence-corrected chi connectivity index (χ3v) is 7.75. The summed E-state index contributed by atoms with van der Waals surface area (Å²) in [7, 11) is 0. The molecule has 46 heavy (non-hydrogen) atoms. The van der Waals surface area contributed by atoms with Crippen molar-refractivity contribution in [3.8, 4) is 12.1 Å². The van der Waals surface area contributed by atoms with Crippen molar-refractivity contribution in [1.82, 2.24) is 9.97 Å². The highest BCUT2D eigenvalue weighted by atomic mass is 127. The Kier molecular flexibility index (Phi) is 14.9. The third-order valence-electron chi connectivity index (χ3n) is 5.97. The highest BCUT2D eigenvalue weighted by molar-refractivity contribution is 14.1. The molecular weight excluding hydrogens is 815 g/mol. The number of benzene rings is 4. The van der Waals surface area contributed by atoms with Gasteiger partial charge in [0.15, 0.2) is 0 Å². The van der Waals surface area contributed by atoms with Gasteiger partial charge in [-0.05, 0) is 144 Å². The summed E-state index contributed by atoms with van der Waals surface area (Å²) >= 11 is 9.07. The summed E-state index contributed by atoms with van der Waals surface area (Å²) in [5, 5.41) is 20.7.